The highest BCUT2D eigenvalue weighted by Crippen LogP contribution is 2.18. The lowest BCUT2D eigenvalue weighted by Gasteiger charge is -2.38. The second-order valence-corrected chi connectivity index (χ2v) is 7.85. The van der Waals surface area contributed by atoms with Crippen molar-refractivity contribution < 1.29 is 9.53 Å². The molecule has 1 N–H and O–H groups in total. The summed E-state index contributed by atoms with van der Waals surface area (Å²) in [7, 11) is 3.53. The monoisotopic (exact) mass is 387 g/mol. The normalized spacial score (nSPS) is 20.4. The Kier molecular flexibility index (Phi) is 7.14. The lowest BCUT2D eigenvalue weighted by atomic mass is 10.1. The Morgan fingerprint density at radius 3 is 2.71 bits per heavy atom. The molecule has 1 aromatic rings. The average Bonchev–Trinajstić information content (AvgIpc) is 3.21. The summed E-state index contributed by atoms with van der Waals surface area (Å²) < 4.78 is 5.48. The molecule has 28 heavy (non-hydrogen) atoms. The van der Waals surface area contributed by atoms with Gasteiger partial charge < -0.3 is 24.8 Å². The highest BCUT2D eigenvalue weighted by atomic mass is 16.5. The fourth-order valence-corrected chi connectivity index (χ4v) is 3.53. The first kappa shape index (κ1) is 20.5. The summed E-state index contributed by atoms with van der Waals surface area (Å²) in [6.07, 6.45) is 1.08. The van der Waals surface area contributed by atoms with Gasteiger partial charge in [0.1, 0.15) is 6.54 Å². The number of nitrogens with one attached hydrogen (secondary N) is 1. The topological polar surface area (TPSA) is 60.4 Å². The summed E-state index contributed by atoms with van der Waals surface area (Å²) in [6.45, 7) is 8.45. The van der Waals surface area contributed by atoms with Gasteiger partial charge in [-0.15, -0.1) is 0 Å². The van der Waals surface area contributed by atoms with Gasteiger partial charge in [-0.25, -0.2) is 4.99 Å². The number of nitrogens with zero attached hydrogens (tertiary/aromatic N) is 4. The van der Waals surface area contributed by atoms with Gasteiger partial charge in [-0.2, -0.15) is 0 Å². The van der Waals surface area contributed by atoms with Gasteiger partial charge in [-0.3, -0.25) is 4.79 Å². The fourth-order valence-electron chi connectivity index (χ4n) is 3.53. The number of aliphatic imine (C=N–C) groups is 1. The van der Waals surface area contributed by atoms with Gasteiger partial charge in [-0.1, -0.05) is 12.1 Å². The van der Waals surface area contributed by atoms with E-state index in [1.165, 1.54) is 11.3 Å². The van der Waals surface area contributed by atoms with Crippen molar-refractivity contribution in [2.24, 2.45) is 10.9 Å². The highest BCUT2D eigenvalue weighted by molar-refractivity contribution is 5.85. The number of ether oxygens (including phenoxy) is 1. The van der Waals surface area contributed by atoms with Crippen LogP contribution in [-0.2, 0) is 9.53 Å². The van der Waals surface area contributed by atoms with E-state index in [0.29, 0.717) is 5.92 Å². The molecule has 7 nitrogen and oxygen atoms in total. The van der Waals surface area contributed by atoms with Crippen molar-refractivity contribution in [2.45, 2.75) is 13.3 Å². The van der Waals surface area contributed by atoms with Crippen LogP contribution in [0.25, 0.3) is 0 Å². The summed E-state index contributed by atoms with van der Waals surface area (Å²) >= 11 is 0. The molecule has 0 saturated carbocycles. The third-order valence-electron chi connectivity index (χ3n) is 5.38. The number of amides is 1. The molecule has 1 unspecified atom stereocenters. The molecule has 0 aromatic heterocycles. The lowest BCUT2D eigenvalue weighted by Crippen LogP contribution is -2.53. The molecule has 0 bridgehead atoms. The number of guanidine groups is 1. The third-order valence-corrected chi connectivity index (χ3v) is 5.38. The average molecular weight is 388 g/mol. The second kappa shape index (κ2) is 9.78. The molecule has 2 aliphatic rings. The Morgan fingerprint density at radius 1 is 1.29 bits per heavy atom. The maximum atomic E-state index is 12.0. The number of anilines is 1. The second-order valence-electron chi connectivity index (χ2n) is 7.85. The van der Waals surface area contributed by atoms with E-state index >= 15 is 0 Å². The maximum Gasteiger partial charge on any atom is 0.243 e. The largest absolute Gasteiger partial charge is 0.381 e. The Morgan fingerprint density at radius 2 is 2.07 bits per heavy atom. The number of benzene rings is 1. The number of hydrogen-bond donors (Lipinski definition) is 1. The number of likely N-dealkylation sites (N-methyl/N-ethyl adjacent to an activating group) is 1. The van der Waals surface area contributed by atoms with Crippen molar-refractivity contribution >= 4 is 17.6 Å². The van der Waals surface area contributed by atoms with Crippen LogP contribution < -0.4 is 10.2 Å². The molecule has 2 fully saturated rings. The van der Waals surface area contributed by atoms with Crippen LogP contribution in [-0.4, -0.2) is 88.2 Å². The van der Waals surface area contributed by atoms with Crippen LogP contribution in [0.1, 0.15) is 12.0 Å². The molecule has 0 radical (unpaired) electrons. The van der Waals surface area contributed by atoms with E-state index in [-0.39, 0.29) is 12.5 Å². The smallest absolute Gasteiger partial charge is 0.243 e. The zero-order chi connectivity index (χ0) is 19.9. The number of hydrogen-bond acceptors (Lipinski definition) is 4. The SMILES string of the molecule is Cc1cccc(N2CCN(C(=NCC(=O)N(C)C)NCC3CCOC3)CC2)c1. The molecule has 1 atom stereocenters. The molecule has 0 aliphatic carbocycles. The highest BCUT2D eigenvalue weighted by Gasteiger charge is 2.22. The lowest BCUT2D eigenvalue weighted by molar-refractivity contribution is -0.127. The Labute approximate surface area is 168 Å². The summed E-state index contributed by atoms with van der Waals surface area (Å²) in [5, 5.41) is 3.50. The summed E-state index contributed by atoms with van der Waals surface area (Å²) in [5.41, 5.74) is 2.56. The predicted molar refractivity (Wildman–Crippen MR) is 113 cm³/mol. The molecule has 2 heterocycles. The van der Waals surface area contributed by atoms with Gasteiger partial charge >= 0.3 is 0 Å². The minimum Gasteiger partial charge on any atom is -0.381 e. The number of piperazine rings is 1. The van der Waals surface area contributed by atoms with E-state index in [0.717, 1.165) is 58.3 Å². The van der Waals surface area contributed by atoms with Crippen molar-refractivity contribution in [1.29, 1.82) is 0 Å². The first-order chi connectivity index (χ1) is 13.5. The Hall–Kier alpha value is -2.28. The van der Waals surface area contributed by atoms with Crippen LogP contribution in [0, 0.1) is 12.8 Å². The zero-order valence-corrected chi connectivity index (χ0v) is 17.4. The van der Waals surface area contributed by atoms with E-state index in [1.54, 1.807) is 19.0 Å². The van der Waals surface area contributed by atoms with Gasteiger partial charge in [0.2, 0.25) is 5.91 Å². The molecular weight excluding hydrogens is 354 g/mol. The predicted octanol–water partition coefficient (Wildman–Crippen LogP) is 1.19. The molecule has 1 amide bonds. The maximum absolute atomic E-state index is 12.0. The molecule has 3 rings (SSSR count). The van der Waals surface area contributed by atoms with E-state index < -0.39 is 0 Å². The van der Waals surface area contributed by atoms with Gasteiger partial charge in [0.25, 0.3) is 0 Å². The van der Waals surface area contributed by atoms with Gasteiger partial charge in [0.15, 0.2) is 5.96 Å². The number of carbonyl (C=O) groups is 1. The van der Waals surface area contributed by atoms with Crippen LogP contribution in [0.15, 0.2) is 29.3 Å². The summed E-state index contributed by atoms with van der Waals surface area (Å²) in [6, 6.07) is 8.65. The molecule has 0 spiro atoms. The van der Waals surface area contributed by atoms with E-state index in [2.05, 4.69) is 51.3 Å². The molecule has 2 saturated heterocycles. The van der Waals surface area contributed by atoms with Crippen molar-refractivity contribution in [3.63, 3.8) is 0 Å². The fraction of sp³-hybridized carbons (Fsp3) is 0.619. The molecule has 154 valence electrons. The van der Waals surface area contributed by atoms with Crippen LogP contribution in [0.5, 0.6) is 0 Å². The van der Waals surface area contributed by atoms with Gasteiger partial charge in [0.05, 0.1) is 6.61 Å². The van der Waals surface area contributed by atoms with Crippen LogP contribution in [0.4, 0.5) is 5.69 Å². The first-order valence-electron chi connectivity index (χ1n) is 10.2. The van der Waals surface area contributed by atoms with Gasteiger partial charge in [0, 0.05) is 65.0 Å². The molecule has 2 aliphatic heterocycles. The Balaban J connectivity index is 1.60. The number of carbonyl (C=O) groups excluding carboxylic acids is 1. The van der Waals surface area contributed by atoms with E-state index in [9.17, 15) is 4.79 Å². The molecule has 7 heteroatoms. The standard InChI is InChI=1S/C21H33N5O2/c1-17-5-4-6-19(13-17)25-8-10-26(11-9-25)21(23-15-20(27)24(2)3)22-14-18-7-12-28-16-18/h4-6,13,18H,7-12,14-16H2,1-3H3,(H,22,23). The summed E-state index contributed by atoms with van der Waals surface area (Å²) in [4.78, 5) is 22.9. The number of rotatable bonds is 5. The van der Waals surface area contributed by atoms with Crippen LogP contribution in [0.3, 0.4) is 0 Å². The van der Waals surface area contributed by atoms with Crippen LogP contribution >= 0.6 is 0 Å². The molecular formula is C21H33N5O2. The minimum atomic E-state index is 0.0156. The van der Waals surface area contributed by atoms with Crippen molar-refractivity contribution in [3.05, 3.63) is 29.8 Å². The van der Waals surface area contributed by atoms with E-state index in [4.69, 9.17) is 4.74 Å². The first-order valence-corrected chi connectivity index (χ1v) is 10.2. The van der Waals surface area contributed by atoms with Crippen LogP contribution in [0.2, 0.25) is 0 Å². The van der Waals surface area contributed by atoms with Crippen molar-refractivity contribution in [3.8, 4) is 0 Å². The van der Waals surface area contributed by atoms with Crippen molar-refractivity contribution in [1.82, 2.24) is 15.1 Å². The van der Waals surface area contributed by atoms with Gasteiger partial charge in [-0.05, 0) is 31.0 Å². The zero-order valence-electron chi connectivity index (χ0n) is 17.4. The Bertz CT molecular complexity index is 677. The van der Waals surface area contributed by atoms with Crippen molar-refractivity contribution in [2.75, 3.05) is 71.5 Å². The quantitative estimate of drug-likeness (QED) is 0.607. The number of aryl methyl sites for hydroxylation is 1. The summed E-state index contributed by atoms with van der Waals surface area (Å²) in [5.74, 6) is 1.37. The third kappa shape index (κ3) is 5.61. The minimum absolute atomic E-state index is 0.0156. The molecule has 1 aromatic carbocycles. The van der Waals surface area contributed by atoms with E-state index in [1.807, 2.05) is 0 Å².